The van der Waals surface area contributed by atoms with Gasteiger partial charge in [0.25, 0.3) is 0 Å². The van der Waals surface area contributed by atoms with Crippen LogP contribution in [0.1, 0.15) is 38.5 Å². The van der Waals surface area contributed by atoms with E-state index in [1.165, 1.54) is 19.3 Å². The molecule has 0 aromatic carbocycles. The fourth-order valence-electron chi connectivity index (χ4n) is 5.06. The molecule has 4 saturated carbocycles. The first-order chi connectivity index (χ1) is 6.68. The van der Waals surface area contributed by atoms with Gasteiger partial charge in [0.05, 0.1) is 18.3 Å². The molecule has 5 rings (SSSR count). The van der Waals surface area contributed by atoms with Crippen LogP contribution in [0.2, 0.25) is 0 Å². The van der Waals surface area contributed by atoms with Gasteiger partial charge in [-0.3, -0.25) is 0 Å². The highest BCUT2D eigenvalue weighted by atomic mass is 16.6. The second-order valence-electron chi connectivity index (χ2n) is 6.37. The van der Waals surface area contributed by atoms with Gasteiger partial charge in [0.15, 0.2) is 0 Å². The lowest BCUT2D eigenvalue weighted by atomic mass is 9.47. The summed E-state index contributed by atoms with van der Waals surface area (Å²) in [7, 11) is 0. The van der Waals surface area contributed by atoms with Crippen molar-refractivity contribution in [3.63, 3.8) is 0 Å². The molecule has 1 N–H and O–H groups in total. The molecule has 0 spiro atoms. The van der Waals surface area contributed by atoms with Crippen molar-refractivity contribution < 1.29 is 9.84 Å². The van der Waals surface area contributed by atoms with E-state index in [0.717, 1.165) is 37.7 Å². The second-order valence-corrected chi connectivity index (χ2v) is 6.37. The van der Waals surface area contributed by atoms with Gasteiger partial charge in [-0.15, -0.1) is 0 Å². The number of epoxide rings is 1. The maximum absolute atomic E-state index is 10.5. The van der Waals surface area contributed by atoms with Crippen LogP contribution >= 0.6 is 0 Å². The molecule has 0 radical (unpaired) electrons. The first-order valence-electron chi connectivity index (χ1n) is 6.02. The van der Waals surface area contributed by atoms with Crippen molar-refractivity contribution in [1.82, 2.24) is 0 Å². The number of hydrogen-bond acceptors (Lipinski definition) is 2. The first kappa shape index (κ1) is 8.12. The van der Waals surface area contributed by atoms with Gasteiger partial charge in [-0.2, -0.15) is 0 Å². The van der Waals surface area contributed by atoms with E-state index >= 15 is 0 Å². The van der Waals surface area contributed by atoms with E-state index in [1.807, 2.05) is 0 Å². The van der Waals surface area contributed by atoms with E-state index in [0.29, 0.717) is 11.5 Å². The fraction of sp³-hybridized carbons (Fsp3) is 1.00. The van der Waals surface area contributed by atoms with E-state index in [2.05, 4.69) is 0 Å². The summed E-state index contributed by atoms with van der Waals surface area (Å²) in [6.07, 6.45) is 7.79. The van der Waals surface area contributed by atoms with Crippen LogP contribution in [0.4, 0.5) is 0 Å². The highest BCUT2D eigenvalue weighted by Gasteiger charge is 2.62. The molecule has 3 atom stereocenters. The Morgan fingerprint density at radius 1 is 1.07 bits per heavy atom. The van der Waals surface area contributed by atoms with Crippen LogP contribution < -0.4 is 0 Å². The largest absolute Gasteiger partial charge is 0.390 e. The van der Waals surface area contributed by atoms with Crippen molar-refractivity contribution in [2.75, 3.05) is 6.61 Å². The third-order valence-electron chi connectivity index (χ3n) is 5.09. The van der Waals surface area contributed by atoms with Gasteiger partial charge in [0, 0.05) is 5.41 Å². The summed E-state index contributed by atoms with van der Waals surface area (Å²) < 4.78 is 5.53. The van der Waals surface area contributed by atoms with Crippen LogP contribution in [0.15, 0.2) is 0 Å². The van der Waals surface area contributed by atoms with Crippen molar-refractivity contribution in [1.29, 1.82) is 0 Å². The zero-order valence-corrected chi connectivity index (χ0v) is 8.54. The molecular formula is C12H18O2. The lowest BCUT2D eigenvalue weighted by molar-refractivity contribution is -0.169. The number of hydrogen-bond donors (Lipinski definition) is 1. The van der Waals surface area contributed by atoms with E-state index in [1.54, 1.807) is 0 Å². The Balaban J connectivity index is 1.75. The predicted octanol–water partition coefficient (Wildman–Crippen LogP) is 1.72. The van der Waals surface area contributed by atoms with Crippen molar-refractivity contribution in [2.24, 2.45) is 17.3 Å². The molecule has 1 aliphatic heterocycles. The van der Waals surface area contributed by atoms with Crippen molar-refractivity contribution in [3.05, 3.63) is 0 Å². The van der Waals surface area contributed by atoms with E-state index in [4.69, 9.17) is 4.74 Å². The summed E-state index contributed by atoms with van der Waals surface area (Å²) in [5.74, 6) is 1.62. The van der Waals surface area contributed by atoms with Gasteiger partial charge in [0.1, 0.15) is 0 Å². The van der Waals surface area contributed by atoms with Crippen LogP contribution in [0.5, 0.6) is 0 Å². The molecule has 5 aliphatic rings. The topological polar surface area (TPSA) is 32.8 Å². The third kappa shape index (κ3) is 0.938. The fourth-order valence-corrected chi connectivity index (χ4v) is 5.06. The molecule has 2 heteroatoms. The number of rotatable bonds is 1. The lowest BCUT2D eigenvalue weighted by Gasteiger charge is -2.60. The standard InChI is InChI=1S/C12H18O2/c13-12-4-8-1-9(5-12)3-11(2-8,7-12)10-6-14-10/h8-10,13H,1-7H2. The molecule has 1 heterocycles. The Morgan fingerprint density at radius 2 is 1.71 bits per heavy atom. The van der Waals surface area contributed by atoms with E-state index in [-0.39, 0.29) is 5.60 Å². The highest BCUT2D eigenvalue weighted by molar-refractivity contribution is 5.12. The summed E-state index contributed by atoms with van der Waals surface area (Å²) in [5.41, 5.74) is 0.106. The highest BCUT2D eigenvalue weighted by Crippen LogP contribution is 2.64. The van der Waals surface area contributed by atoms with Crippen LogP contribution in [0.25, 0.3) is 0 Å². The first-order valence-corrected chi connectivity index (χ1v) is 6.02. The summed E-state index contributed by atoms with van der Waals surface area (Å²) in [4.78, 5) is 0. The molecule has 4 bridgehead atoms. The van der Waals surface area contributed by atoms with Gasteiger partial charge < -0.3 is 9.84 Å². The Kier molecular flexibility index (Phi) is 1.27. The maximum atomic E-state index is 10.5. The molecule has 1 saturated heterocycles. The van der Waals surface area contributed by atoms with Gasteiger partial charge in [0.2, 0.25) is 0 Å². The second kappa shape index (κ2) is 2.19. The summed E-state index contributed by atoms with van der Waals surface area (Å²) >= 11 is 0. The minimum Gasteiger partial charge on any atom is -0.390 e. The minimum absolute atomic E-state index is 0.296. The smallest absolute Gasteiger partial charge is 0.0867 e. The molecule has 0 amide bonds. The molecule has 0 aromatic heterocycles. The zero-order chi connectivity index (χ0) is 9.39. The molecule has 78 valence electrons. The molecule has 5 fully saturated rings. The summed E-state index contributed by atoms with van der Waals surface area (Å²) in [5, 5.41) is 10.5. The Morgan fingerprint density at radius 3 is 2.21 bits per heavy atom. The minimum atomic E-state index is -0.296. The summed E-state index contributed by atoms with van der Waals surface area (Å²) in [6, 6.07) is 0. The average molecular weight is 194 g/mol. The normalized spacial score (nSPS) is 64.5. The Bertz CT molecular complexity index is 268. The molecule has 2 nitrogen and oxygen atoms in total. The molecular weight excluding hydrogens is 176 g/mol. The van der Waals surface area contributed by atoms with Gasteiger partial charge in [-0.25, -0.2) is 0 Å². The molecule has 3 unspecified atom stereocenters. The van der Waals surface area contributed by atoms with Crippen molar-refractivity contribution in [2.45, 2.75) is 50.2 Å². The summed E-state index contributed by atoms with van der Waals surface area (Å²) in [6.45, 7) is 0.968. The van der Waals surface area contributed by atoms with Crippen LogP contribution in [-0.2, 0) is 4.74 Å². The predicted molar refractivity (Wildman–Crippen MR) is 51.8 cm³/mol. The third-order valence-corrected chi connectivity index (χ3v) is 5.09. The van der Waals surface area contributed by atoms with E-state index in [9.17, 15) is 5.11 Å². The van der Waals surface area contributed by atoms with Crippen LogP contribution in [0, 0.1) is 17.3 Å². The van der Waals surface area contributed by atoms with E-state index < -0.39 is 0 Å². The Hall–Kier alpha value is -0.0800. The van der Waals surface area contributed by atoms with Crippen molar-refractivity contribution in [3.8, 4) is 0 Å². The van der Waals surface area contributed by atoms with Gasteiger partial charge in [-0.1, -0.05) is 0 Å². The zero-order valence-electron chi connectivity index (χ0n) is 8.54. The van der Waals surface area contributed by atoms with Crippen LogP contribution in [-0.4, -0.2) is 23.4 Å². The molecule has 14 heavy (non-hydrogen) atoms. The molecule has 0 aromatic rings. The quantitative estimate of drug-likeness (QED) is 0.645. The Labute approximate surface area is 84.6 Å². The maximum Gasteiger partial charge on any atom is 0.0867 e. The number of aliphatic hydroxyl groups is 1. The SMILES string of the molecule is OC12CC3CC(C1)CC(C1CO1)(C3)C2. The lowest BCUT2D eigenvalue weighted by Crippen LogP contribution is -2.57. The van der Waals surface area contributed by atoms with Crippen LogP contribution in [0.3, 0.4) is 0 Å². The van der Waals surface area contributed by atoms with Gasteiger partial charge in [-0.05, 0) is 50.4 Å². The van der Waals surface area contributed by atoms with Gasteiger partial charge >= 0.3 is 0 Å². The average Bonchev–Trinajstić information content (AvgIpc) is 2.78. The number of ether oxygens (including phenoxy) is 1. The monoisotopic (exact) mass is 194 g/mol. The molecule has 4 aliphatic carbocycles. The van der Waals surface area contributed by atoms with Crippen molar-refractivity contribution >= 4 is 0 Å².